The van der Waals surface area contributed by atoms with Gasteiger partial charge in [-0.05, 0) is 25.9 Å². The normalized spacial score (nSPS) is 17.8. The standard InChI is InChI=1S/C13H24N4/c1-17(10-12-9-13(14)16-15-12)8-7-11-5-3-2-4-6-11/h9,11H,2-8,10H2,1H3,(H3,14,15,16). The van der Waals surface area contributed by atoms with Crippen LogP contribution >= 0.6 is 0 Å². The monoisotopic (exact) mass is 236 g/mol. The van der Waals surface area contributed by atoms with Crippen LogP contribution in [0.1, 0.15) is 44.2 Å². The maximum atomic E-state index is 5.58. The van der Waals surface area contributed by atoms with Crippen LogP contribution in [0.15, 0.2) is 6.07 Å². The summed E-state index contributed by atoms with van der Waals surface area (Å²) in [5.74, 6) is 1.54. The lowest BCUT2D eigenvalue weighted by Gasteiger charge is -2.24. The Morgan fingerprint density at radius 3 is 2.82 bits per heavy atom. The molecule has 4 heteroatoms. The van der Waals surface area contributed by atoms with Crippen molar-refractivity contribution in [2.45, 2.75) is 45.1 Å². The molecule has 0 aromatic carbocycles. The zero-order valence-corrected chi connectivity index (χ0v) is 10.8. The zero-order valence-electron chi connectivity index (χ0n) is 10.8. The van der Waals surface area contributed by atoms with Gasteiger partial charge in [0.05, 0.1) is 5.69 Å². The molecule has 1 aromatic heterocycles. The minimum Gasteiger partial charge on any atom is -0.382 e. The van der Waals surface area contributed by atoms with E-state index >= 15 is 0 Å². The number of hydrogen-bond acceptors (Lipinski definition) is 3. The summed E-state index contributed by atoms with van der Waals surface area (Å²) in [5, 5.41) is 6.90. The summed E-state index contributed by atoms with van der Waals surface area (Å²) in [6, 6.07) is 1.91. The Balaban J connectivity index is 1.68. The molecule has 1 aliphatic carbocycles. The molecule has 4 nitrogen and oxygen atoms in total. The average molecular weight is 236 g/mol. The van der Waals surface area contributed by atoms with Crippen LogP contribution in [-0.2, 0) is 6.54 Å². The van der Waals surface area contributed by atoms with E-state index in [9.17, 15) is 0 Å². The second kappa shape index (κ2) is 6.05. The maximum Gasteiger partial charge on any atom is 0.145 e. The third-order valence-electron chi connectivity index (χ3n) is 3.73. The van der Waals surface area contributed by atoms with Crippen molar-refractivity contribution in [3.63, 3.8) is 0 Å². The Bertz CT molecular complexity index is 328. The van der Waals surface area contributed by atoms with Crippen LogP contribution in [0.3, 0.4) is 0 Å². The minimum atomic E-state index is 0.584. The number of nitrogens with zero attached hydrogens (tertiary/aromatic N) is 2. The van der Waals surface area contributed by atoms with E-state index < -0.39 is 0 Å². The van der Waals surface area contributed by atoms with Gasteiger partial charge in [-0.3, -0.25) is 5.10 Å². The van der Waals surface area contributed by atoms with Gasteiger partial charge in [-0.1, -0.05) is 32.1 Å². The van der Waals surface area contributed by atoms with Gasteiger partial charge in [0.15, 0.2) is 0 Å². The molecule has 1 aromatic rings. The van der Waals surface area contributed by atoms with Gasteiger partial charge in [0, 0.05) is 12.6 Å². The van der Waals surface area contributed by atoms with E-state index in [-0.39, 0.29) is 0 Å². The highest BCUT2D eigenvalue weighted by atomic mass is 15.2. The summed E-state index contributed by atoms with van der Waals surface area (Å²) in [6.07, 6.45) is 8.52. The molecular formula is C13H24N4. The van der Waals surface area contributed by atoms with Crippen LogP contribution in [0.2, 0.25) is 0 Å². The van der Waals surface area contributed by atoms with Crippen LogP contribution in [0, 0.1) is 5.92 Å². The van der Waals surface area contributed by atoms with E-state index in [0.717, 1.165) is 18.2 Å². The summed E-state index contributed by atoms with van der Waals surface area (Å²) in [7, 11) is 2.17. The van der Waals surface area contributed by atoms with Gasteiger partial charge in [-0.25, -0.2) is 0 Å². The SMILES string of the molecule is CN(CCC1CCCCC1)Cc1cc(N)n[nH]1. The topological polar surface area (TPSA) is 57.9 Å². The fraction of sp³-hybridized carbons (Fsp3) is 0.769. The fourth-order valence-electron chi connectivity index (χ4n) is 2.71. The van der Waals surface area contributed by atoms with Crippen molar-refractivity contribution >= 4 is 5.82 Å². The van der Waals surface area contributed by atoms with Gasteiger partial charge in [0.1, 0.15) is 5.82 Å². The van der Waals surface area contributed by atoms with E-state index in [1.165, 1.54) is 45.1 Å². The molecule has 1 aliphatic rings. The number of nitrogens with two attached hydrogens (primary N) is 1. The fourth-order valence-corrected chi connectivity index (χ4v) is 2.71. The van der Waals surface area contributed by atoms with Crippen molar-refractivity contribution in [2.75, 3.05) is 19.3 Å². The first-order valence-electron chi connectivity index (χ1n) is 6.72. The minimum absolute atomic E-state index is 0.584. The average Bonchev–Trinajstić information content (AvgIpc) is 2.73. The van der Waals surface area contributed by atoms with E-state index in [2.05, 4.69) is 22.1 Å². The van der Waals surface area contributed by atoms with Crippen LogP contribution in [0.4, 0.5) is 5.82 Å². The predicted octanol–water partition coefficient (Wildman–Crippen LogP) is 2.39. The first kappa shape index (κ1) is 12.4. The van der Waals surface area contributed by atoms with Crippen molar-refractivity contribution < 1.29 is 0 Å². The number of rotatable bonds is 5. The Morgan fingerprint density at radius 2 is 2.18 bits per heavy atom. The van der Waals surface area contributed by atoms with Crippen LogP contribution < -0.4 is 5.73 Å². The molecule has 0 atom stereocenters. The molecular weight excluding hydrogens is 212 g/mol. The van der Waals surface area contributed by atoms with Crippen molar-refractivity contribution in [1.82, 2.24) is 15.1 Å². The third-order valence-corrected chi connectivity index (χ3v) is 3.73. The van der Waals surface area contributed by atoms with Gasteiger partial charge < -0.3 is 10.6 Å². The number of aromatic nitrogens is 2. The Hall–Kier alpha value is -1.03. The second-order valence-electron chi connectivity index (χ2n) is 5.35. The molecule has 0 radical (unpaired) electrons. The highest BCUT2D eigenvalue weighted by Gasteiger charge is 2.14. The van der Waals surface area contributed by atoms with Crippen molar-refractivity contribution in [3.8, 4) is 0 Å². The molecule has 1 heterocycles. The number of nitrogen functional groups attached to an aromatic ring is 1. The van der Waals surface area contributed by atoms with Gasteiger partial charge >= 0.3 is 0 Å². The molecule has 0 saturated heterocycles. The second-order valence-corrected chi connectivity index (χ2v) is 5.35. The first-order valence-corrected chi connectivity index (χ1v) is 6.72. The van der Waals surface area contributed by atoms with Crippen molar-refractivity contribution in [2.24, 2.45) is 5.92 Å². The van der Waals surface area contributed by atoms with Gasteiger partial charge in [0.2, 0.25) is 0 Å². The van der Waals surface area contributed by atoms with Crippen molar-refractivity contribution in [1.29, 1.82) is 0 Å². The number of anilines is 1. The Kier molecular flexibility index (Phi) is 4.42. The van der Waals surface area contributed by atoms with Gasteiger partial charge in [0.25, 0.3) is 0 Å². The lowest BCUT2D eigenvalue weighted by molar-refractivity contribution is 0.258. The highest BCUT2D eigenvalue weighted by Crippen LogP contribution is 2.26. The van der Waals surface area contributed by atoms with Crippen molar-refractivity contribution in [3.05, 3.63) is 11.8 Å². The zero-order chi connectivity index (χ0) is 12.1. The lowest BCUT2D eigenvalue weighted by Crippen LogP contribution is -2.22. The summed E-state index contributed by atoms with van der Waals surface area (Å²) in [4.78, 5) is 2.35. The molecule has 1 saturated carbocycles. The van der Waals surface area contributed by atoms with Crippen LogP contribution in [-0.4, -0.2) is 28.7 Å². The predicted molar refractivity (Wildman–Crippen MR) is 70.5 cm³/mol. The van der Waals surface area contributed by atoms with Gasteiger partial charge in [-0.2, -0.15) is 5.10 Å². The lowest BCUT2D eigenvalue weighted by atomic mass is 9.87. The molecule has 0 amide bonds. The number of nitrogens with one attached hydrogen (secondary N) is 1. The highest BCUT2D eigenvalue weighted by molar-refractivity contribution is 5.28. The summed E-state index contributed by atoms with van der Waals surface area (Å²) >= 11 is 0. The molecule has 1 fully saturated rings. The largest absolute Gasteiger partial charge is 0.382 e. The Morgan fingerprint density at radius 1 is 1.41 bits per heavy atom. The number of aromatic amines is 1. The number of H-pyrrole nitrogens is 1. The number of hydrogen-bond donors (Lipinski definition) is 2. The first-order chi connectivity index (χ1) is 8.24. The maximum absolute atomic E-state index is 5.58. The van der Waals surface area contributed by atoms with E-state index in [1.807, 2.05) is 6.07 Å². The third kappa shape index (κ3) is 4.04. The quantitative estimate of drug-likeness (QED) is 0.825. The summed E-state index contributed by atoms with van der Waals surface area (Å²) in [5.41, 5.74) is 6.69. The molecule has 17 heavy (non-hydrogen) atoms. The molecule has 96 valence electrons. The molecule has 3 N–H and O–H groups in total. The van der Waals surface area contributed by atoms with Crippen LogP contribution in [0.5, 0.6) is 0 Å². The Labute approximate surface area is 104 Å². The molecule has 2 rings (SSSR count). The summed E-state index contributed by atoms with van der Waals surface area (Å²) < 4.78 is 0. The smallest absolute Gasteiger partial charge is 0.145 e. The van der Waals surface area contributed by atoms with E-state index in [1.54, 1.807) is 0 Å². The van der Waals surface area contributed by atoms with Crippen LogP contribution in [0.25, 0.3) is 0 Å². The van der Waals surface area contributed by atoms with E-state index in [0.29, 0.717) is 5.82 Å². The molecule has 0 unspecified atom stereocenters. The molecule has 0 aliphatic heterocycles. The van der Waals surface area contributed by atoms with Gasteiger partial charge in [-0.15, -0.1) is 0 Å². The molecule has 0 spiro atoms. The summed E-state index contributed by atoms with van der Waals surface area (Å²) in [6.45, 7) is 2.08. The molecule has 0 bridgehead atoms. The van der Waals surface area contributed by atoms with E-state index in [4.69, 9.17) is 5.73 Å².